The molecular weight excluding hydrogens is 274 g/mol. The van der Waals surface area contributed by atoms with Crippen LogP contribution in [0.4, 0.5) is 0 Å². The highest BCUT2D eigenvalue weighted by Crippen LogP contribution is 2.34. The first kappa shape index (κ1) is 14.4. The van der Waals surface area contributed by atoms with Crippen LogP contribution in [-0.4, -0.2) is 6.54 Å². The molecule has 2 aromatic carbocycles. The van der Waals surface area contributed by atoms with E-state index in [9.17, 15) is 0 Å². The van der Waals surface area contributed by atoms with Crippen molar-refractivity contribution in [2.45, 2.75) is 17.9 Å². The van der Waals surface area contributed by atoms with E-state index in [1.54, 1.807) is 0 Å². The summed E-state index contributed by atoms with van der Waals surface area (Å²) in [6, 6.07) is 16.4. The van der Waals surface area contributed by atoms with E-state index in [1.807, 2.05) is 30.0 Å². The third kappa shape index (κ3) is 3.75. The van der Waals surface area contributed by atoms with Crippen LogP contribution in [-0.2, 0) is 5.75 Å². The molecule has 0 aliphatic heterocycles. The van der Waals surface area contributed by atoms with Crippen LogP contribution >= 0.6 is 23.4 Å². The van der Waals surface area contributed by atoms with Crippen LogP contribution in [0.1, 0.15) is 21.9 Å². The van der Waals surface area contributed by atoms with E-state index in [4.69, 9.17) is 17.3 Å². The average molecular weight is 292 g/mol. The van der Waals surface area contributed by atoms with Gasteiger partial charge in [-0.25, -0.2) is 0 Å². The van der Waals surface area contributed by atoms with E-state index in [2.05, 4.69) is 37.3 Å². The molecule has 2 N–H and O–H groups in total. The Balaban J connectivity index is 2.09. The minimum absolute atomic E-state index is 0.244. The Hall–Kier alpha value is -0.960. The molecule has 0 aliphatic rings. The van der Waals surface area contributed by atoms with E-state index in [0.29, 0.717) is 6.54 Å². The van der Waals surface area contributed by atoms with Gasteiger partial charge in [0.25, 0.3) is 0 Å². The zero-order valence-electron chi connectivity index (χ0n) is 11.0. The molecule has 0 saturated heterocycles. The molecule has 0 amide bonds. The largest absolute Gasteiger partial charge is 0.329 e. The van der Waals surface area contributed by atoms with Crippen molar-refractivity contribution >= 4 is 23.4 Å². The van der Waals surface area contributed by atoms with Crippen LogP contribution in [0.3, 0.4) is 0 Å². The van der Waals surface area contributed by atoms with Crippen LogP contribution < -0.4 is 5.73 Å². The number of rotatable bonds is 5. The first-order valence-corrected chi connectivity index (χ1v) is 7.75. The minimum Gasteiger partial charge on any atom is -0.329 e. The summed E-state index contributed by atoms with van der Waals surface area (Å²) in [5, 5.41) is 1.04. The molecule has 1 unspecified atom stereocenters. The van der Waals surface area contributed by atoms with Gasteiger partial charge in [0, 0.05) is 22.6 Å². The van der Waals surface area contributed by atoms with E-state index in [1.165, 1.54) is 11.1 Å². The summed E-state index contributed by atoms with van der Waals surface area (Å²) in [7, 11) is 0. The van der Waals surface area contributed by atoms with Gasteiger partial charge in [0.05, 0.1) is 0 Å². The second kappa shape index (κ2) is 6.99. The monoisotopic (exact) mass is 291 g/mol. The van der Waals surface area contributed by atoms with Crippen molar-refractivity contribution in [1.29, 1.82) is 0 Å². The lowest BCUT2D eigenvalue weighted by Gasteiger charge is -2.17. The molecule has 3 heteroatoms. The van der Waals surface area contributed by atoms with Crippen molar-refractivity contribution < 1.29 is 0 Å². The summed E-state index contributed by atoms with van der Waals surface area (Å²) in [4.78, 5) is 0. The molecular formula is C16H18ClNS. The standard InChI is InChI=1S/C16H18ClNS/c1-12-6-2-3-7-13(12)11-19-16(10-18)14-8-4-5-9-15(14)17/h2-9,16H,10-11,18H2,1H3. The number of benzene rings is 2. The molecule has 1 nitrogen and oxygen atoms in total. The van der Waals surface area contributed by atoms with E-state index >= 15 is 0 Å². The van der Waals surface area contributed by atoms with Crippen molar-refractivity contribution in [3.8, 4) is 0 Å². The first-order valence-electron chi connectivity index (χ1n) is 6.33. The number of hydrogen-bond donors (Lipinski definition) is 1. The van der Waals surface area contributed by atoms with Gasteiger partial charge < -0.3 is 5.73 Å². The van der Waals surface area contributed by atoms with Crippen LogP contribution in [0, 0.1) is 6.92 Å². The van der Waals surface area contributed by atoms with Gasteiger partial charge >= 0.3 is 0 Å². The fourth-order valence-corrected chi connectivity index (χ4v) is 3.54. The van der Waals surface area contributed by atoms with Gasteiger partial charge in [-0.15, -0.1) is 11.8 Å². The zero-order valence-corrected chi connectivity index (χ0v) is 12.5. The van der Waals surface area contributed by atoms with Gasteiger partial charge in [0.15, 0.2) is 0 Å². The van der Waals surface area contributed by atoms with Gasteiger partial charge in [-0.3, -0.25) is 0 Å². The Morgan fingerprint density at radius 1 is 1.11 bits per heavy atom. The predicted octanol–water partition coefficient (Wildman–Crippen LogP) is 4.58. The Morgan fingerprint density at radius 3 is 2.47 bits per heavy atom. The molecule has 0 bridgehead atoms. The summed E-state index contributed by atoms with van der Waals surface area (Å²) in [6.07, 6.45) is 0. The highest BCUT2D eigenvalue weighted by molar-refractivity contribution is 7.98. The average Bonchev–Trinajstić information content (AvgIpc) is 2.43. The third-order valence-electron chi connectivity index (χ3n) is 3.17. The molecule has 0 fully saturated rings. The Morgan fingerprint density at radius 2 is 1.79 bits per heavy atom. The summed E-state index contributed by atoms with van der Waals surface area (Å²) in [5.74, 6) is 0.958. The minimum atomic E-state index is 0.244. The summed E-state index contributed by atoms with van der Waals surface area (Å²) in [6.45, 7) is 2.74. The SMILES string of the molecule is Cc1ccccc1CSC(CN)c1ccccc1Cl. The molecule has 0 aliphatic carbocycles. The highest BCUT2D eigenvalue weighted by Gasteiger charge is 2.13. The van der Waals surface area contributed by atoms with Gasteiger partial charge in [0.2, 0.25) is 0 Å². The van der Waals surface area contributed by atoms with Crippen molar-refractivity contribution in [3.63, 3.8) is 0 Å². The first-order chi connectivity index (χ1) is 9.22. The molecule has 0 radical (unpaired) electrons. The molecule has 2 aromatic rings. The second-order valence-electron chi connectivity index (χ2n) is 4.48. The number of hydrogen-bond acceptors (Lipinski definition) is 2. The number of aryl methyl sites for hydroxylation is 1. The van der Waals surface area contributed by atoms with E-state index in [0.717, 1.165) is 16.3 Å². The highest BCUT2D eigenvalue weighted by atomic mass is 35.5. The lowest BCUT2D eigenvalue weighted by atomic mass is 10.1. The normalized spacial score (nSPS) is 12.4. The maximum absolute atomic E-state index is 6.24. The van der Waals surface area contributed by atoms with Gasteiger partial charge in [0.1, 0.15) is 0 Å². The van der Waals surface area contributed by atoms with Gasteiger partial charge in [-0.2, -0.15) is 0 Å². The lowest BCUT2D eigenvalue weighted by Crippen LogP contribution is -2.10. The lowest BCUT2D eigenvalue weighted by molar-refractivity contribution is 0.940. The molecule has 0 spiro atoms. The van der Waals surface area contributed by atoms with Crippen molar-refractivity contribution in [2.24, 2.45) is 5.73 Å². The smallest absolute Gasteiger partial charge is 0.0449 e. The molecule has 0 aromatic heterocycles. The van der Waals surface area contributed by atoms with Crippen LogP contribution in [0.2, 0.25) is 5.02 Å². The van der Waals surface area contributed by atoms with Gasteiger partial charge in [-0.1, -0.05) is 54.1 Å². The molecule has 0 heterocycles. The maximum Gasteiger partial charge on any atom is 0.0449 e. The number of nitrogens with two attached hydrogens (primary N) is 1. The fraction of sp³-hybridized carbons (Fsp3) is 0.250. The van der Waals surface area contributed by atoms with Crippen molar-refractivity contribution in [2.75, 3.05) is 6.54 Å². The summed E-state index contributed by atoms with van der Waals surface area (Å²) in [5.41, 5.74) is 9.71. The van der Waals surface area contributed by atoms with Crippen LogP contribution in [0.25, 0.3) is 0 Å². The molecule has 19 heavy (non-hydrogen) atoms. The molecule has 100 valence electrons. The Kier molecular flexibility index (Phi) is 5.32. The molecule has 2 rings (SSSR count). The number of halogens is 1. The molecule has 1 atom stereocenters. The van der Waals surface area contributed by atoms with Crippen LogP contribution in [0.15, 0.2) is 48.5 Å². The fourth-order valence-electron chi connectivity index (χ4n) is 1.98. The van der Waals surface area contributed by atoms with Crippen molar-refractivity contribution in [3.05, 3.63) is 70.2 Å². The topological polar surface area (TPSA) is 26.0 Å². The second-order valence-corrected chi connectivity index (χ2v) is 6.08. The third-order valence-corrected chi connectivity index (χ3v) is 4.84. The Labute approximate surface area is 124 Å². The van der Waals surface area contributed by atoms with E-state index < -0.39 is 0 Å². The maximum atomic E-state index is 6.24. The predicted molar refractivity (Wildman–Crippen MR) is 85.7 cm³/mol. The molecule has 0 saturated carbocycles. The summed E-state index contributed by atoms with van der Waals surface area (Å²) >= 11 is 8.09. The van der Waals surface area contributed by atoms with Gasteiger partial charge in [-0.05, 0) is 29.7 Å². The van der Waals surface area contributed by atoms with E-state index in [-0.39, 0.29) is 5.25 Å². The summed E-state index contributed by atoms with van der Waals surface area (Å²) < 4.78 is 0. The Bertz CT molecular complexity index is 542. The van der Waals surface area contributed by atoms with Crippen LogP contribution in [0.5, 0.6) is 0 Å². The van der Waals surface area contributed by atoms with Crippen molar-refractivity contribution in [1.82, 2.24) is 0 Å². The zero-order chi connectivity index (χ0) is 13.7. The number of thioether (sulfide) groups is 1. The quantitative estimate of drug-likeness (QED) is 0.872.